The average molecular weight is 359 g/mol. The summed E-state index contributed by atoms with van der Waals surface area (Å²) in [5.41, 5.74) is 2.78. The van der Waals surface area contributed by atoms with Crippen molar-refractivity contribution in [3.63, 3.8) is 0 Å². The van der Waals surface area contributed by atoms with Crippen LogP contribution in [-0.2, 0) is 4.79 Å². The molecule has 1 atom stereocenters. The number of carbonyl (C=O) groups is 1. The minimum atomic E-state index is -0.762. The van der Waals surface area contributed by atoms with Gasteiger partial charge in [0.05, 0.1) is 12.5 Å². The van der Waals surface area contributed by atoms with E-state index in [0.29, 0.717) is 24.0 Å². The number of ether oxygens (including phenoxy) is 1. The molecule has 0 aliphatic heterocycles. The maximum Gasteiger partial charge on any atom is 0.310 e. The Morgan fingerprint density at radius 2 is 1.92 bits per heavy atom. The van der Waals surface area contributed by atoms with Crippen molar-refractivity contribution in [1.82, 2.24) is 0 Å². The molecule has 0 heterocycles. The van der Waals surface area contributed by atoms with Gasteiger partial charge in [0.25, 0.3) is 0 Å². The molecular weight excluding hydrogens is 336 g/mol. The van der Waals surface area contributed by atoms with Crippen molar-refractivity contribution in [2.75, 3.05) is 6.61 Å². The van der Waals surface area contributed by atoms with Gasteiger partial charge in [-0.2, -0.15) is 0 Å². The molecule has 4 heteroatoms. The van der Waals surface area contributed by atoms with Crippen LogP contribution in [-0.4, -0.2) is 17.7 Å². The topological polar surface area (TPSA) is 46.5 Å². The van der Waals surface area contributed by atoms with E-state index in [1.807, 2.05) is 42.5 Å². The fourth-order valence-electron chi connectivity index (χ4n) is 3.00. The fraction of sp³-hybridized carbons (Fsp3) is 0.381. The van der Waals surface area contributed by atoms with Gasteiger partial charge in [0.15, 0.2) is 0 Å². The van der Waals surface area contributed by atoms with Crippen LogP contribution >= 0.6 is 11.6 Å². The molecule has 1 aliphatic carbocycles. The summed E-state index contributed by atoms with van der Waals surface area (Å²) in [7, 11) is 0. The molecular formula is C21H23ClO3. The van der Waals surface area contributed by atoms with Crippen LogP contribution in [0, 0.1) is 5.92 Å². The molecule has 2 aromatic rings. The highest BCUT2D eigenvalue weighted by atomic mass is 35.5. The van der Waals surface area contributed by atoms with Crippen molar-refractivity contribution in [2.24, 2.45) is 5.92 Å². The molecule has 1 saturated carbocycles. The zero-order valence-corrected chi connectivity index (χ0v) is 15.1. The van der Waals surface area contributed by atoms with E-state index in [0.717, 1.165) is 41.7 Å². The molecule has 0 radical (unpaired) electrons. The van der Waals surface area contributed by atoms with Gasteiger partial charge in [0.2, 0.25) is 0 Å². The van der Waals surface area contributed by atoms with E-state index >= 15 is 0 Å². The van der Waals surface area contributed by atoms with Crippen LogP contribution in [0.4, 0.5) is 0 Å². The minimum absolute atomic E-state index is 0.483. The Labute approximate surface area is 153 Å². The van der Waals surface area contributed by atoms with E-state index in [1.54, 1.807) is 0 Å². The molecule has 1 aliphatic rings. The monoisotopic (exact) mass is 358 g/mol. The molecule has 1 unspecified atom stereocenters. The molecule has 0 spiro atoms. The van der Waals surface area contributed by atoms with Crippen molar-refractivity contribution in [2.45, 2.75) is 38.5 Å². The number of hydrogen-bond donors (Lipinski definition) is 1. The number of carboxylic acid groups (broad SMARTS) is 1. The van der Waals surface area contributed by atoms with E-state index in [4.69, 9.17) is 16.3 Å². The molecule has 132 valence electrons. The number of aliphatic carboxylic acids is 1. The van der Waals surface area contributed by atoms with Crippen LogP contribution in [0.2, 0.25) is 5.02 Å². The highest BCUT2D eigenvalue weighted by Crippen LogP contribution is 2.40. The molecule has 25 heavy (non-hydrogen) atoms. The second-order valence-electron chi connectivity index (χ2n) is 6.72. The summed E-state index contributed by atoms with van der Waals surface area (Å²) in [5.74, 6) is 0.0250. The van der Waals surface area contributed by atoms with Gasteiger partial charge in [0.1, 0.15) is 5.75 Å². The number of carboxylic acids is 1. The largest absolute Gasteiger partial charge is 0.494 e. The van der Waals surface area contributed by atoms with Gasteiger partial charge < -0.3 is 9.84 Å². The van der Waals surface area contributed by atoms with Gasteiger partial charge >= 0.3 is 5.97 Å². The second kappa shape index (κ2) is 7.92. The smallest absolute Gasteiger partial charge is 0.310 e. The maximum atomic E-state index is 11.8. The lowest BCUT2D eigenvalue weighted by atomic mass is 9.90. The predicted octanol–water partition coefficient (Wildman–Crippen LogP) is 5.76. The zero-order valence-electron chi connectivity index (χ0n) is 14.4. The summed E-state index contributed by atoms with van der Waals surface area (Å²) in [4.78, 5) is 11.8. The Kier molecular flexibility index (Phi) is 5.64. The molecule has 0 bridgehead atoms. The molecule has 0 saturated heterocycles. The SMILES string of the molecule is CCCOc1cc(-c2ccc(Cl)cc2)cc(C(CC2CC2)C(=O)O)c1. The van der Waals surface area contributed by atoms with E-state index in [2.05, 4.69) is 6.92 Å². The van der Waals surface area contributed by atoms with Gasteiger partial charge in [-0.15, -0.1) is 0 Å². The van der Waals surface area contributed by atoms with Gasteiger partial charge in [-0.25, -0.2) is 0 Å². The Morgan fingerprint density at radius 3 is 2.52 bits per heavy atom. The van der Waals surface area contributed by atoms with Crippen molar-refractivity contribution >= 4 is 17.6 Å². The molecule has 3 rings (SSSR count). The van der Waals surface area contributed by atoms with E-state index < -0.39 is 11.9 Å². The zero-order chi connectivity index (χ0) is 17.8. The molecule has 3 nitrogen and oxygen atoms in total. The summed E-state index contributed by atoms with van der Waals surface area (Å²) in [6.07, 6.45) is 3.89. The summed E-state index contributed by atoms with van der Waals surface area (Å²) in [5, 5.41) is 10.4. The Balaban J connectivity index is 1.98. The summed E-state index contributed by atoms with van der Waals surface area (Å²) < 4.78 is 5.81. The number of hydrogen-bond acceptors (Lipinski definition) is 2. The van der Waals surface area contributed by atoms with Crippen LogP contribution in [0.15, 0.2) is 42.5 Å². The lowest BCUT2D eigenvalue weighted by molar-refractivity contribution is -0.139. The Hall–Kier alpha value is -2.00. The van der Waals surface area contributed by atoms with Crippen LogP contribution in [0.5, 0.6) is 5.75 Å². The number of benzene rings is 2. The van der Waals surface area contributed by atoms with Gasteiger partial charge in [-0.1, -0.05) is 49.6 Å². The number of rotatable bonds is 8. The summed E-state index contributed by atoms with van der Waals surface area (Å²) in [6, 6.07) is 13.4. The van der Waals surface area contributed by atoms with E-state index in [9.17, 15) is 9.90 Å². The highest BCUT2D eigenvalue weighted by Gasteiger charge is 2.30. The first-order valence-corrected chi connectivity index (χ1v) is 9.21. The van der Waals surface area contributed by atoms with E-state index in [1.165, 1.54) is 0 Å². The minimum Gasteiger partial charge on any atom is -0.494 e. The van der Waals surface area contributed by atoms with Gasteiger partial charge in [-0.3, -0.25) is 4.79 Å². The predicted molar refractivity (Wildman–Crippen MR) is 100 cm³/mol. The molecule has 0 amide bonds. The third-order valence-corrected chi connectivity index (χ3v) is 4.80. The lowest BCUT2D eigenvalue weighted by Gasteiger charge is -2.16. The maximum absolute atomic E-state index is 11.8. The average Bonchev–Trinajstić information content (AvgIpc) is 3.42. The standard InChI is InChI=1S/C21H23ClO3/c1-2-9-25-19-12-16(15-5-7-18(22)8-6-15)11-17(13-19)20(21(23)24)10-14-3-4-14/h5-8,11-14,20H,2-4,9-10H2,1H3,(H,23,24). The molecule has 0 aromatic heterocycles. The number of halogens is 1. The van der Waals surface area contributed by atoms with Crippen molar-refractivity contribution in [3.8, 4) is 16.9 Å². The molecule has 1 fully saturated rings. The van der Waals surface area contributed by atoms with Crippen molar-refractivity contribution in [3.05, 3.63) is 53.1 Å². The van der Waals surface area contributed by atoms with Crippen molar-refractivity contribution in [1.29, 1.82) is 0 Å². The lowest BCUT2D eigenvalue weighted by Crippen LogP contribution is -2.13. The first-order chi connectivity index (χ1) is 12.1. The second-order valence-corrected chi connectivity index (χ2v) is 7.15. The van der Waals surface area contributed by atoms with Crippen LogP contribution in [0.25, 0.3) is 11.1 Å². The van der Waals surface area contributed by atoms with E-state index in [-0.39, 0.29) is 0 Å². The summed E-state index contributed by atoms with van der Waals surface area (Å²) >= 11 is 5.98. The first-order valence-electron chi connectivity index (χ1n) is 8.83. The first kappa shape index (κ1) is 17.8. The van der Waals surface area contributed by atoms with Gasteiger partial charge in [0, 0.05) is 5.02 Å². The Morgan fingerprint density at radius 1 is 1.20 bits per heavy atom. The third-order valence-electron chi connectivity index (χ3n) is 4.55. The quantitative estimate of drug-likeness (QED) is 0.652. The third kappa shape index (κ3) is 4.76. The van der Waals surface area contributed by atoms with Crippen LogP contribution < -0.4 is 4.74 Å². The molecule has 2 aromatic carbocycles. The highest BCUT2D eigenvalue weighted by molar-refractivity contribution is 6.30. The van der Waals surface area contributed by atoms with Crippen molar-refractivity contribution < 1.29 is 14.6 Å². The fourth-order valence-corrected chi connectivity index (χ4v) is 3.13. The Bertz CT molecular complexity index is 735. The molecule has 1 N–H and O–H groups in total. The summed E-state index contributed by atoms with van der Waals surface area (Å²) in [6.45, 7) is 2.67. The van der Waals surface area contributed by atoms with Crippen LogP contribution in [0.1, 0.15) is 44.1 Å². The van der Waals surface area contributed by atoms with Gasteiger partial charge in [-0.05, 0) is 59.7 Å². The van der Waals surface area contributed by atoms with Crippen LogP contribution in [0.3, 0.4) is 0 Å². The normalized spacial score (nSPS) is 15.0.